The van der Waals surface area contributed by atoms with Gasteiger partial charge in [-0.2, -0.15) is 4.98 Å². The monoisotopic (exact) mass is 473 g/mol. The Morgan fingerprint density at radius 1 is 1.00 bits per heavy atom. The number of piperazine rings is 1. The number of aromatic nitrogens is 3. The molecular formula is C24H23N7O2S. The first-order valence-corrected chi connectivity index (χ1v) is 11.7. The average Bonchev–Trinajstić information content (AvgIpc) is 3.20. The summed E-state index contributed by atoms with van der Waals surface area (Å²) in [7, 11) is 1.94. The number of nitrogens with zero attached hydrogens (tertiary/aromatic N) is 6. The molecule has 1 N–H and O–H groups in total. The lowest BCUT2D eigenvalue weighted by Crippen LogP contribution is -2.47. The summed E-state index contributed by atoms with van der Waals surface area (Å²) in [4.78, 5) is 44.2. The van der Waals surface area contributed by atoms with Gasteiger partial charge in [-0.1, -0.05) is 18.2 Å². The van der Waals surface area contributed by atoms with Crippen LogP contribution in [0.25, 0.3) is 6.08 Å². The number of carbonyl (C=O) groups excluding carboxylic acids is 2. The van der Waals surface area contributed by atoms with Crippen LogP contribution in [0.1, 0.15) is 5.69 Å². The van der Waals surface area contributed by atoms with Crippen molar-refractivity contribution in [3.8, 4) is 0 Å². The van der Waals surface area contributed by atoms with Gasteiger partial charge in [0.15, 0.2) is 0 Å². The van der Waals surface area contributed by atoms with Gasteiger partial charge in [-0.15, -0.1) is 0 Å². The second-order valence-corrected chi connectivity index (χ2v) is 8.90. The van der Waals surface area contributed by atoms with Crippen LogP contribution < -0.4 is 20.0 Å². The first kappa shape index (κ1) is 21.9. The molecule has 2 fully saturated rings. The second kappa shape index (κ2) is 9.52. The van der Waals surface area contributed by atoms with Crippen LogP contribution in [0.2, 0.25) is 0 Å². The molecule has 0 bridgehead atoms. The highest BCUT2D eigenvalue weighted by molar-refractivity contribution is 8.18. The molecule has 2 aromatic heterocycles. The molecule has 2 saturated heterocycles. The SMILES string of the molecule is CN(c1ccccc1)c1cc(/C=C2\SC(=O)NC2=O)nc(N2CCN(c3cccnc3)CC2)n1. The third-order valence-electron chi connectivity index (χ3n) is 5.70. The lowest BCUT2D eigenvalue weighted by atomic mass is 10.2. The van der Waals surface area contributed by atoms with E-state index in [2.05, 4.69) is 26.2 Å². The summed E-state index contributed by atoms with van der Waals surface area (Å²) in [6.07, 6.45) is 5.29. The quantitative estimate of drug-likeness (QED) is 0.560. The zero-order valence-electron chi connectivity index (χ0n) is 18.6. The molecule has 2 aliphatic heterocycles. The number of imide groups is 1. The summed E-state index contributed by atoms with van der Waals surface area (Å²) in [5.41, 5.74) is 2.65. The number of rotatable bonds is 5. The van der Waals surface area contributed by atoms with E-state index in [0.29, 0.717) is 22.4 Å². The number of thioether (sulfide) groups is 1. The number of hydrogen-bond acceptors (Lipinski definition) is 9. The summed E-state index contributed by atoms with van der Waals surface area (Å²) < 4.78 is 0. The molecule has 0 unspecified atom stereocenters. The Morgan fingerprint density at radius 2 is 1.76 bits per heavy atom. The summed E-state index contributed by atoms with van der Waals surface area (Å²) in [5, 5.41) is 1.91. The molecule has 34 heavy (non-hydrogen) atoms. The van der Waals surface area contributed by atoms with Gasteiger partial charge in [0.25, 0.3) is 11.1 Å². The molecule has 0 saturated carbocycles. The topological polar surface area (TPSA) is 94.6 Å². The van der Waals surface area contributed by atoms with Gasteiger partial charge in [-0.25, -0.2) is 4.98 Å². The molecule has 2 amide bonds. The lowest BCUT2D eigenvalue weighted by Gasteiger charge is -2.36. The second-order valence-electron chi connectivity index (χ2n) is 7.88. The van der Waals surface area contributed by atoms with Crippen molar-refractivity contribution in [2.45, 2.75) is 0 Å². The maximum Gasteiger partial charge on any atom is 0.290 e. The highest BCUT2D eigenvalue weighted by Gasteiger charge is 2.26. The minimum atomic E-state index is -0.404. The summed E-state index contributed by atoms with van der Waals surface area (Å²) in [5.74, 6) is 0.887. The van der Waals surface area contributed by atoms with E-state index in [1.54, 1.807) is 12.3 Å². The smallest absolute Gasteiger partial charge is 0.290 e. The molecule has 3 aromatic rings. The Kier molecular flexibility index (Phi) is 6.13. The zero-order valence-corrected chi connectivity index (χ0v) is 19.4. The van der Waals surface area contributed by atoms with Gasteiger partial charge in [-0.3, -0.25) is 19.9 Å². The summed E-state index contributed by atoms with van der Waals surface area (Å²) >= 11 is 0.880. The largest absolute Gasteiger partial charge is 0.367 e. The van der Waals surface area contributed by atoms with E-state index >= 15 is 0 Å². The van der Waals surface area contributed by atoms with Crippen LogP contribution in [0.3, 0.4) is 0 Å². The number of nitrogens with one attached hydrogen (secondary N) is 1. The molecule has 4 heterocycles. The van der Waals surface area contributed by atoms with Crippen LogP contribution in [-0.2, 0) is 4.79 Å². The molecule has 0 aliphatic carbocycles. The van der Waals surface area contributed by atoms with E-state index in [4.69, 9.17) is 9.97 Å². The molecule has 5 rings (SSSR count). The van der Waals surface area contributed by atoms with Crippen molar-refractivity contribution in [2.24, 2.45) is 0 Å². The fourth-order valence-electron chi connectivity index (χ4n) is 3.87. The molecule has 10 heteroatoms. The van der Waals surface area contributed by atoms with Gasteiger partial charge in [0, 0.05) is 51.2 Å². The Balaban J connectivity index is 1.45. The molecule has 9 nitrogen and oxygen atoms in total. The van der Waals surface area contributed by atoms with Crippen molar-refractivity contribution in [1.29, 1.82) is 0 Å². The number of anilines is 4. The number of hydrogen-bond donors (Lipinski definition) is 1. The fraction of sp³-hybridized carbons (Fsp3) is 0.208. The van der Waals surface area contributed by atoms with E-state index in [-0.39, 0.29) is 5.24 Å². The molecular weight excluding hydrogens is 450 g/mol. The minimum Gasteiger partial charge on any atom is -0.367 e. The van der Waals surface area contributed by atoms with E-state index in [1.165, 1.54) is 0 Å². The normalized spacial score (nSPS) is 17.3. The van der Waals surface area contributed by atoms with Crippen molar-refractivity contribution in [2.75, 3.05) is 47.9 Å². The van der Waals surface area contributed by atoms with Crippen LogP contribution in [0, 0.1) is 0 Å². The van der Waals surface area contributed by atoms with E-state index < -0.39 is 5.91 Å². The third kappa shape index (κ3) is 4.72. The van der Waals surface area contributed by atoms with E-state index in [1.807, 2.05) is 60.6 Å². The minimum absolute atomic E-state index is 0.323. The van der Waals surface area contributed by atoms with Gasteiger partial charge in [0.05, 0.1) is 22.5 Å². The molecule has 0 spiro atoms. The average molecular weight is 474 g/mol. The summed E-state index contributed by atoms with van der Waals surface area (Å²) in [6.45, 7) is 3.13. The maximum absolute atomic E-state index is 12.1. The third-order valence-corrected chi connectivity index (χ3v) is 6.51. The Morgan fingerprint density at radius 3 is 2.44 bits per heavy atom. The van der Waals surface area contributed by atoms with E-state index in [0.717, 1.165) is 49.3 Å². The molecule has 172 valence electrons. The van der Waals surface area contributed by atoms with Crippen LogP contribution in [0.4, 0.5) is 27.9 Å². The highest BCUT2D eigenvalue weighted by Crippen LogP contribution is 2.29. The van der Waals surface area contributed by atoms with Crippen molar-refractivity contribution in [3.63, 3.8) is 0 Å². The predicted octanol–water partition coefficient (Wildman–Crippen LogP) is 3.29. The molecule has 0 radical (unpaired) electrons. The standard InChI is InChI=1S/C24H23N7O2S/c1-29(18-6-3-2-4-7-18)21-15-17(14-20-22(32)28-24(33)34-20)26-23(27-21)31-12-10-30(11-13-31)19-8-5-9-25-16-19/h2-9,14-16H,10-13H2,1H3,(H,28,32,33)/b20-14-. The van der Waals surface area contributed by atoms with Crippen LogP contribution >= 0.6 is 11.8 Å². The predicted molar refractivity (Wildman–Crippen MR) is 134 cm³/mol. The zero-order chi connectivity index (χ0) is 23.5. The first-order chi connectivity index (χ1) is 16.6. The fourth-order valence-corrected chi connectivity index (χ4v) is 4.54. The molecule has 0 atom stereocenters. The van der Waals surface area contributed by atoms with Crippen molar-refractivity contribution in [3.05, 3.63) is 71.5 Å². The number of carbonyl (C=O) groups is 2. The van der Waals surface area contributed by atoms with Gasteiger partial charge in [0.2, 0.25) is 5.95 Å². The van der Waals surface area contributed by atoms with E-state index in [9.17, 15) is 9.59 Å². The van der Waals surface area contributed by atoms with Gasteiger partial charge in [0.1, 0.15) is 5.82 Å². The Bertz CT molecular complexity index is 1230. The van der Waals surface area contributed by atoms with Crippen LogP contribution in [-0.4, -0.2) is 59.3 Å². The van der Waals surface area contributed by atoms with Crippen molar-refractivity contribution >= 4 is 52.1 Å². The lowest BCUT2D eigenvalue weighted by molar-refractivity contribution is -0.115. The summed E-state index contributed by atoms with van der Waals surface area (Å²) in [6, 6.07) is 15.7. The number of pyridine rings is 1. The van der Waals surface area contributed by atoms with Crippen LogP contribution in [0.15, 0.2) is 65.8 Å². The maximum atomic E-state index is 12.1. The number of amides is 2. The molecule has 1 aromatic carbocycles. The Labute approximate surface area is 201 Å². The van der Waals surface area contributed by atoms with Gasteiger partial charge in [-0.05, 0) is 42.1 Å². The van der Waals surface area contributed by atoms with Crippen molar-refractivity contribution in [1.82, 2.24) is 20.3 Å². The first-order valence-electron chi connectivity index (χ1n) is 10.9. The highest BCUT2D eigenvalue weighted by atomic mass is 32.2. The molecule has 2 aliphatic rings. The number of benzene rings is 1. The van der Waals surface area contributed by atoms with Crippen molar-refractivity contribution < 1.29 is 9.59 Å². The van der Waals surface area contributed by atoms with Crippen LogP contribution in [0.5, 0.6) is 0 Å². The number of para-hydroxylation sites is 1. The Hall–Kier alpha value is -3.92. The van der Waals surface area contributed by atoms with Gasteiger partial charge < -0.3 is 14.7 Å². The van der Waals surface area contributed by atoms with Gasteiger partial charge >= 0.3 is 0 Å².